The Morgan fingerprint density at radius 2 is 2.07 bits per heavy atom. The molecular formula is C9H16O5. The molecule has 82 valence electrons. The Morgan fingerprint density at radius 1 is 1.36 bits per heavy atom. The lowest BCUT2D eigenvalue weighted by Gasteiger charge is -2.33. The molecule has 0 aromatic carbocycles. The first-order chi connectivity index (χ1) is 6.53. The van der Waals surface area contributed by atoms with Gasteiger partial charge < -0.3 is 24.1 Å². The van der Waals surface area contributed by atoms with Crippen LogP contribution in [0.4, 0.5) is 0 Å². The van der Waals surface area contributed by atoms with E-state index in [1.165, 1.54) is 7.11 Å². The van der Waals surface area contributed by atoms with Crippen LogP contribution >= 0.6 is 0 Å². The molecule has 0 radical (unpaired) electrons. The second-order valence-electron chi connectivity index (χ2n) is 4.07. The number of fused-ring (bicyclic) bond motifs is 1. The minimum absolute atomic E-state index is 0.202. The number of rotatable bonds is 1. The molecule has 4 atom stereocenters. The van der Waals surface area contributed by atoms with Crippen molar-refractivity contribution in [2.24, 2.45) is 0 Å². The molecule has 2 heterocycles. The Morgan fingerprint density at radius 3 is 2.71 bits per heavy atom. The van der Waals surface area contributed by atoms with Crippen molar-refractivity contribution in [1.82, 2.24) is 0 Å². The molecule has 0 aliphatic carbocycles. The Kier molecular flexibility index (Phi) is 2.53. The predicted molar refractivity (Wildman–Crippen MR) is 46.6 cm³/mol. The lowest BCUT2D eigenvalue weighted by molar-refractivity contribution is -0.241. The molecule has 0 bridgehead atoms. The summed E-state index contributed by atoms with van der Waals surface area (Å²) in [5.74, 6) is -0.650. The van der Waals surface area contributed by atoms with Gasteiger partial charge >= 0.3 is 0 Å². The molecule has 5 nitrogen and oxygen atoms in total. The third-order valence-corrected chi connectivity index (χ3v) is 2.49. The molecule has 0 saturated carbocycles. The summed E-state index contributed by atoms with van der Waals surface area (Å²) in [4.78, 5) is 0. The number of hydrogen-bond acceptors (Lipinski definition) is 5. The average molecular weight is 204 g/mol. The van der Waals surface area contributed by atoms with Gasteiger partial charge in [0.15, 0.2) is 12.1 Å². The van der Waals surface area contributed by atoms with Crippen molar-refractivity contribution in [3.63, 3.8) is 0 Å². The molecule has 0 aromatic heterocycles. The maximum absolute atomic E-state index is 9.82. The van der Waals surface area contributed by atoms with Gasteiger partial charge in [0.05, 0.1) is 6.61 Å². The van der Waals surface area contributed by atoms with Crippen molar-refractivity contribution < 1.29 is 24.1 Å². The fourth-order valence-electron chi connectivity index (χ4n) is 1.93. The van der Waals surface area contributed by atoms with Crippen LogP contribution in [0.3, 0.4) is 0 Å². The van der Waals surface area contributed by atoms with Crippen molar-refractivity contribution in [3.8, 4) is 0 Å². The standard InChI is InChI=1S/C9H16O5/c1-9(2)13-5-4-12-8(11-3)6(10)7(5)14-9/h5-8,10H,4H2,1-3H3/t5-,6+,7-,8?/m1/s1. The molecule has 14 heavy (non-hydrogen) atoms. The summed E-state index contributed by atoms with van der Waals surface area (Å²) in [6, 6.07) is 0. The van der Waals surface area contributed by atoms with Gasteiger partial charge in [-0.25, -0.2) is 0 Å². The second-order valence-corrected chi connectivity index (χ2v) is 4.07. The van der Waals surface area contributed by atoms with Crippen LogP contribution in [-0.4, -0.2) is 49.2 Å². The summed E-state index contributed by atoms with van der Waals surface area (Å²) < 4.78 is 21.4. The zero-order valence-electron chi connectivity index (χ0n) is 8.60. The SMILES string of the molecule is COC1OC[C@H]2OC(C)(C)O[C@H]2[C@@H]1O. The number of ether oxygens (including phenoxy) is 4. The molecule has 2 rings (SSSR count). The second kappa shape index (κ2) is 3.43. The van der Waals surface area contributed by atoms with Crippen LogP contribution in [0.2, 0.25) is 0 Å². The van der Waals surface area contributed by atoms with E-state index in [2.05, 4.69) is 0 Å². The molecule has 1 unspecified atom stereocenters. The third kappa shape index (κ3) is 1.66. The smallest absolute Gasteiger partial charge is 0.185 e. The van der Waals surface area contributed by atoms with E-state index in [4.69, 9.17) is 18.9 Å². The average Bonchev–Trinajstić information content (AvgIpc) is 2.42. The van der Waals surface area contributed by atoms with Crippen molar-refractivity contribution in [1.29, 1.82) is 0 Å². The van der Waals surface area contributed by atoms with E-state index >= 15 is 0 Å². The number of methoxy groups -OCH3 is 1. The summed E-state index contributed by atoms with van der Waals surface area (Å²) in [6.07, 6.45) is -1.97. The van der Waals surface area contributed by atoms with E-state index in [0.29, 0.717) is 6.61 Å². The van der Waals surface area contributed by atoms with E-state index in [0.717, 1.165) is 0 Å². The van der Waals surface area contributed by atoms with E-state index in [-0.39, 0.29) is 12.2 Å². The number of aliphatic hydroxyl groups is 1. The summed E-state index contributed by atoms with van der Waals surface area (Å²) in [6.45, 7) is 4.03. The Hall–Kier alpha value is -0.200. The fraction of sp³-hybridized carbons (Fsp3) is 1.00. The number of hydrogen-bond donors (Lipinski definition) is 1. The predicted octanol–water partition coefficient (Wildman–Crippen LogP) is -0.130. The Balaban J connectivity index is 2.08. The van der Waals surface area contributed by atoms with Gasteiger partial charge in [0.25, 0.3) is 0 Å². The highest BCUT2D eigenvalue weighted by atomic mass is 16.8. The molecular weight excluding hydrogens is 188 g/mol. The van der Waals surface area contributed by atoms with Gasteiger partial charge in [-0.15, -0.1) is 0 Å². The van der Waals surface area contributed by atoms with Gasteiger partial charge in [-0.1, -0.05) is 0 Å². The van der Waals surface area contributed by atoms with Gasteiger partial charge in [0, 0.05) is 7.11 Å². The van der Waals surface area contributed by atoms with E-state index < -0.39 is 18.2 Å². The lowest BCUT2D eigenvalue weighted by atomic mass is 10.1. The highest BCUT2D eigenvalue weighted by Gasteiger charge is 2.50. The van der Waals surface area contributed by atoms with Crippen LogP contribution < -0.4 is 0 Å². The highest BCUT2D eigenvalue weighted by molar-refractivity contribution is 4.91. The maximum Gasteiger partial charge on any atom is 0.185 e. The maximum atomic E-state index is 9.82. The minimum Gasteiger partial charge on any atom is -0.385 e. The monoisotopic (exact) mass is 204 g/mol. The minimum atomic E-state index is -0.791. The van der Waals surface area contributed by atoms with Crippen LogP contribution in [0.25, 0.3) is 0 Å². The van der Waals surface area contributed by atoms with E-state index in [1.807, 2.05) is 13.8 Å². The van der Waals surface area contributed by atoms with Crippen LogP contribution in [0, 0.1) is 0 Å². The molecule has 1 N–H and O–H groups in total. The van der Waals surface area contributed by atoms with Crippen LogP contribution in [0.1, 0.15) is 13.8 Å². The summed E-state index contributed by atoms with van der Waals surface area (Å²) in [7, 11) is 1.50. The van der Waals surface area contributed by atoms with Crippen molar-refractivity contribution >= 4 is 0 Å². The van der Waals surface area contributed by atoms with Crippen LogP contribution in [0.5, 0.6) is 0 Å². The Bertz CT molecular complexity index is 217. The Labute approximate surface area is 82.9 Å². The van der Waals surface area contributed by atoms with Gasteiger partial charge in [0.1, 0.15) is 18.3 Å². The number of aliphatic hydroxyl groups excluding tert-OH is 1. The van der Waals surface area contributed by atoms with Crippen LogP contribution in [0.15, 0.2) is 0 Å². The van der Waals surface area contributed by atoms with Crippen molar-refractivity contribution in [2.75, 3.05) is 13.7 Å². The quantitative estimate of drug-likeness (QED) is 0.644. The summed E-state index contributed by atoms with van der Waals surface area (Å²) in [5.41, 5.74) is 0. The first-order valence-electron chi connectivity index (χ1n) is 4.71. The van der Waals surface area contributed by atoms with Gasteiger partial charge in [-0.05, 0) is 13.8 Å². The molecule has 2 aliphatic rings. The van der Waals surface area contributed by atoms with Gasteiger partial charge in [-0.2, -0.15) is 0 Å². The molecule has 2 aliphatic heterocycles. The molecule has 0 amide bonds. The zero-order valence-corrected chi connectivity index (χ0v) is 8.60. The molecule has 2 saturated heterocycles. The largest absolute Gasteiger partial charge is 0.385 e. The first-order valence-corrected chi connectivity index (χ1v) is 4.71. The van der Waals surface area contributed by atoms with Crippen molar-refractivity contribution in [3.05, 3.63) is 0 Å². The van der Waals surface area contributed by atoms with Crippen LogP contribution in [-0.2, 0) is 18.9 Å². The normalized spacial score (nSPS) is 46.3. The fourth-order valence-corrected chi connectivity index (χ4v) is 1.93. The van der Waals surface area contributed by atoms with Gasteiger partial charge in [0.2, 0.25) is 0 Å². The topological polar surface area (TPSA) is 57.2 Å². The lowest BCUT2D eigenvalue weighted by Crippen LogP contribution is -2.52. The molecule has 0 spiro atoms. The zero-order chi connectivity index (χ0) is 10.3. The third-order valence-electron chi connectivity index (χ3n) is 2.49. The van der Waals surface area contributed by atoms with E-state index in [9.17, 15) is 5.11 Å². The molecule has 0 aromatic rings. The molecule has 5 heteroatoms. The molecule has 2 fully saturated rings. The first kappa shape index (κ1) is 10.3. The summed E-state index contributed by atoms with van der Waals surface area (Å²) in [5, 5.41) is 9.82. The summed E-state index contributed by atoms with van der Waals surface area (Å²) >= 11 is 0. The van der Waals surface area contributed by atoms with E-state index in [1.54, 1.807) is 0 Å². The highest BCUT2D eigenvalue weighted by Crippen LogP contribution is 2.34. The van der Waals surface area contributed by atoms with Crippen molar-refractivity contribution in [2.45, 2.75) is 44.2 Å². The van der Waals surface area contributed by atoms with Gasteiger partial charge in [-0.3, -0.25) is 0 Å².